The number of aromatic nitrogens is 1. The minimum Gasteiger partial charge on any atom is -0.188 e. The van der Waals surface area contributed by atoms with Crippen LogP contribution in [0.15, 0.2) is 54.7 Å². The quantitative estimate of drug-likeness (QED) is 0.378. The summed E-state index contributed by atoms with van der Waals surface area (Å²) < 4.78 is 2.41. The molecule has 0 amide bonds. The summed E-state index contributed by atoms with van der Waals surface area (Å²) in [6, 6.07) is 17.4. The maximum Gasteiger partial charge on any atom is 0.213 e. The van der Waals surface area contributed by atoms with Crippen LogP contribution in [0, 0.1) is 0 Å². The van der Waals surface area contributed by atoms with E-state index in [9.17, 15) is 0 Å². The van der Waals surface area contributed by atoms with Gasteiger partial charge in [-0.3, -0.25) is 0 Å². The van der Waals surface area contributed by atoms with Crippen molar-refractivity contribution in [3.8, 4) is 0 Å². The SMILES string of the molecule is C[Si](C)(C)CSC[n+]1cc2ccccc2c2ccccc21. The largest absolute Gasteiger partial charge is 0.213 e. The third-order valence-electron chi connectivity index (χ3n) is 3.52. The predicted octanol–water partition coefficient (Wildman–Crippen LogP) is 4.85. The van der Waals surface area contributed by atoms with Crippen molar-refractivity contribution in [2.45, 2.75) is 25.5 Å². The van der Waals surface area contributed by atoms with Crippen molar-refractivity contribution >= 4 is 41.5 Å². The van der Waals surface area contributed by atoms with Crippen molar-refractivity contribution in [2.24, 2.45) is 0 Å². The molecule has 0 spiro atoms. The highest BCUT2D eigenvalue weighted by atomic mass is 32.2. The van der Waals surface area contributed by atoms with Gasteiger partial charge in [-0.15, -0.1) is 0 Å². The molecule has 0 bridgehead atoms. The molecule has 0 saturated heterocycles. The molecule has 0 aliphatic rings. The lowest BCUT2D eigenvalue weighted by atomic mass is 10.1. The Morgan fingerprint density at radius 3 is 2.33 bits per heavy atom. The minimum absolute atomic E-state index is 0.983. The Kier molecular flexibility index (Phi) is 4.05. The first-order valence-corrected chi connectivity index (χ1v) is 12.3. The summed E-state index contributed by atoms with van der Waals surface area (Å²) in [5.41, 5.74) is 1.33. The summed E-state index contributed by atoms with van der Waals surface area (Å²) in [6.07, 6.45) is 2.30. The fraction of sp³-hybridized carbons (Fsp3) is 0.278. The van der Waals surface area contributed by atoms with Gasteiger partial charge in [0.25, 0.3) is 0 Å². The lowest BCUT2D eigenvalue weighted by molar-refractivity contribution is -0.648. The number of benzene rings is 2. The summed E-state index contributed by atoms with van der Waals surface area (Å²) in [7, 11) is -0.983. The van der Waals surface area contributed by atoms with Crippen LogP contribution in [0.25, 0.3) is 21.7 Å². The first kappa shape index (κ1) is 14.6. The molecule has 3 heteroatoms. The molecule has 0 N–H and O–H groups in total. The molecule has 0 radical (unpaired) electrons. The topological polar surface area (TPSA) is 3.88 Å². The summed E-state index contributed by atoms with van der Waals surface area (Å²) >= 11 is 2.06. The van der Waals surface area contributed by atoms with Gasteiger partial charge in [0.05, 0.1) is 13.5 Å². The number of rotatable bonds is 4. The average molecular weight is 313 g/mol. The van der Waals surface area contributed by atoms with Crippen molar-refractivity contribution in [1.29, 1.82) is 0 Å². The normalized spacial score (nSPS) is 12.1. The van der Waals surface area contributed by atoms with E-state index in [1.807, 2.05) is 0 Å². The molecule has 3 aromatic rings. The van der Waals surface area contributed by atoms with Gasteiger partial charge in [0, 0.05) is 16.8 Å². The Labute approximate surface area is 132 Å². The molecule has 108 valence electrons. The Balaban J connectivity index is 2.04. The lowest BCUT2D eigenvalue weighted by Crippen LogP contribution is -2.34. The highest BCUT2D eigenvalue weighted by Gasteiger charge is 2.16. The number of fused-ring (bicyclic) bond motifs is 3. The van der Waals surface area contributed by atoms with Crippen molar-refractivity contribution in [3.63, 3.8) is 0 Å². The number of hydrogen-bond donors (Lipinski definition) is 0. The molecular formula is C18H22NSSi+. The Morgan fingerprint density at radius 2 is 1.57 bits per heavy atom. The molecule has 0 saturated carbocycles. The summed E-state index contributed by atoms with van der Waals surface area (Å²) in [4.78, 5) is 0. The highest BCUT2D eigenvalue weighted by molar-refractivity contribution is 7.99. The molecule has 2 aromatic carbocycles. The molecule has 0 unspecified atom stereocenters. The monoisotopic (exact) mass is 312 g/mol. The molecule has 1 nitrogen and oxygen atoms in total. The van der Waals surface area contributed by atoms with Crippen LogP contribution in [0.4, 0.5) is 0 Å². The minimum atomic E-state index is -0.983. The van der Waals surface area contributed by atoms with E-state index in [1.165, 1.54) is 27.1 Å². The fourth-order valence-electron chi connectivity index (χ4n) is 2.60. The number of pyridine rings is 1. The van der Waals surface area contributed by atoms with Gasteiger partial charge in [-0.25, -0.2) is 0 Å². The molecule has 1 aromatic heterocycles. The Morgan fingerprint density at radius 1 is 0.905 bits per heavy atom. The summed E-state index contributed by atoms with van der Waals surface area (Å²) in [5, 5.41) is 5.33. The molecule has 0 atom stereocenters. The fourth-order valence-corrected chi connectivity index (χ4v) is 5.83. The van der Waals surface area contributed by atoms with Crippen LogP contribution in [-0.2, 0) is 5.88 Å². The highest BCUT2D eigenvalue weighted by Crippen LogP contribution is 2.22. The second kappa shape index (κ2) is 5.82. The number of nitrogens with zero attached hydrogens (tertiary/aromatic N) is 1. The predicted molar refractivity (Wildman–Crippen MR) is 97.5 cm³/mol. The van der Waals surface area contributed by atoms with Crippen LogP contribution in [-0.4, -0.2) is 13.5 Å². The molecule has 21 heavy (non-hydrogen) atoms. The van der Waals surface area contributed by atoms with E-state index in [1.54, 1.807) is 0 Å². The number of para-hydroxylation sites is 1. The van der Waals surface area contributed by atoms with Crippen molar-refractivity contribution in [1.82, 2.24) is 0 Å². The zero-order chi connectivity index (χ0) is 14.9. The van der Waals surface area contributed by atoms with Crippen LogP contribution < -0.4 is 4.57 Å². The van der Waals surface area contributed by atoms with Gasteiger partial charge in [-0.05, 0) is 17.5 Å². The van der Waals surface area contributed by atoms with Crippen molar-refractivity contribution < 1.29 is 4.57 Å². The zero-order valence-electron chi connectivity index (χ0n) is 13.0. The van der Waals surface area contributed by atoms with Crippen LogP contribution in [0.1, 0.15) is 0 Å². The Bertz CT molecular complexity index is 777. The Hall–Kier alpha value is -1.32. The summed E-state index contributed by atoms with van der Waals surface area (Å²) in [5.74, 6) is 1.04. The maximum absolute atomic E-state index is 2.43. The van der Waals surface area contributed by atoms with Crippen molar-refractivity contribution in [2.75, 3.05) is 5.38 Å². The van der Waals surface area contributed by atoms with E-state index < -0.39 is 8.07 Å². The van der Waals surface area contributed by atoms with E-state index in [-0.39, 0.29) is 0 Å². The van der Waals surface area contributed by atoms with Crippen molar-refractivity contribution in [3.05, 3.63) is 54.7 Å². The molecular weight excluding hydrogens is 290 g/mol. The van der Waals surface area contributed by atoms with E-state index in [0.717, 1.165) is 5.88 Å². The summed E-state index contributed by atoms with van der Waals surface area (Å²) in [6.45, 7) is 7.30. The third-order valence-corrected chi connectivity index (χ3v) is 8.27. The van der Waals surface area contributed by atoms with Gasteiger partial charge >= 0.3 is 0 Å². The van der Waals surface area contributed by atoms with Gasteiger partial charge in [-0.1, -0.05) is 61.7 Å². The molecule has 0 fully saturated rings. The van der Waals surface area contributed by atoms with Gasteiger partial charge < -0.3 is 0 Å². The lowest BCUT2D eigenvalue weighted by Gasteiger charge is -2.13. The first-order chi connectivity index (χ1) is 10.0. The third kappa shape index (κ3) is 3.30. The smallest absolute Gasteiger partial charge is 0.188 e. The standard InChI is InChI=1S/C18H22NSSi/c1-21(2,3)14-20-13-19-12-15-8-4-5-9-16(15)17-10-6-7-11-18(17)19/h4-12H,13-14H2,1-3H3/q+1. The second-order valence-corrected chi connectivity index (χ2v) is 13.7. The van der Waals surface area contributed by atoms with Gasteiger partial charge in [0.15, 0.2) is 12.1 Å². The maximum atomic E-state index is 2.43. The zero-order valence-corrected chi connectivity index (χ0v) is 14.8. The number of thioether (sulfide) groups is 1. The van der Waals surface area contributed by atoms with Gasteiger partial charge in [0.2, 0.25) is 5.52 Å². The van der Waals surface area contributed by atoms with Gasteiger partial charge in [-0.2, -0.15) is 4.57 Å². The van der Waals surface area contributed by atoms with Crippen LogP contribution in [0.3, 0.4) is 0 Å². The second-order valence-electron chi connectivity index (χ2n) is 6.74. The average Bonchev–Trinajstić information content (AvgIpc) is 2.46. The van der Waals surface area contributed by atoms with E-state index in [2.05, 4.69) is 90.7 Å². The van der Waals surface area contributed by atoms with E-state index in [4.69, 9.17) is 0 Å². The molecule has 0 aliphatic heterocycles. The first-order valence-electron chi connectivity index (χ1n) is 7.42. The van der Waals surface area contributed by atoms with Crippen LogP contribution >= 0.6 is 11.8 Å². The van der Waals surface area contributed by atoms with Crippen LogP contribution in [0.5, 0.6) is 0 Å². The number of hydrogen-bond acceptors (Lipinski definition) is 1. The molecule has 0 aliphatic carbocycles. The molecule has 1 heterocycles. The van der Waals surface area contributed by atoms with Gasteiger partial charge in [0.1, 0.15) is 0 Å². The molecule has 3 rings (SSSR count). The van der Waals surface area contributed by atoms with E-state index in [0.29, 0.717) is 0 Å². The van der Waals surface area contributed by atoms with Crippen LogP contribution in [0.2, 0.25) is 19.6 Å². The van der Waals surface area contributed by atoms with E-state index >= 15 is 0 Å².